The van der Waals surface area contributed by atoms with E-state index in [1.807, 2.05) is 19.2 Å². The van der Waals surface area contributed by atoms with Gasteiger partial charge in [-0.25, -0.2) is 4.98 Å². The first kappa shape index (κ1) is 14.8. The maximum atomic E-state index is 12.9. The monoisotopic (exact) mass is 292 g/mol. The fraction of sp³-hybridized carbons (Fsp3) is 0.769. The average molecular weight is 292 g/mol. The fourth-order valence-electron chi connectivity index (χ4n) is 2.56. The second-order valence-corrected chi connectivity index (χ2v) is 6.58. The summed E-state index contributed by atoms with van der Waals surface area (Å²) < 4.78 is 38.6. The van der Waals surface area contributed by atoms with Crippen molar-refractivity contribution in [3.63, 3.8) is 0 Å². The molecule has 2 atom stereocenters. The van der Waals surface area contributed by atoms with Crippen LogP contribution < -0.4 is 5.73 Å². The molecule has 0 radical (unpaired) electrons. The molecule has 2 unspecified atom stereocenters. The molecule has 1 aliphatic carbocycles. The van der Waals surface area contributed by atoms with Gasteiger partial charge >= 0.3 is 6.18 Å². The van der Waals surface area contributed by atoms with Crippen LogP contribution in [0.1, 0.15) is 56.2 Å². The smallest absolute Gasteiger partial charge is 0.319 e. The van der Waals surface area contributed by atoms with Gasteiger partial charge in [0.15, 0.2) is 0 Å². The van der Waals surface area contributed by atoms with Gasteiger partial charge in [-0.2, -0.15) is 13.2 Å². The van der Waals surface area contributed by atoms with E-state index in [0.29, 0.717) is 17.8 Å². The van der Waals surface area contributed by atoms with Crippen molar-refractivity contribution in [3.8, 4) is 0 Å². The van der Waals surface area contributed by atoms with Gasteiger partial charge in [-0.15, -0.1) is 11.3 Å². The van der Waals surface area contributed by atoms with Crippen molar-refractivity contribution < 1.29 is 13.2 Å². The van der Waals surface area contributed by atoms with Crippen molar-refractivity contribution in [3.05, 3.63) is 16.1 Å². The topological polar surface area (TPSA) is 38.9 Å². The molecule has 108 valence electrons. The number of alkyl halides is 3. The lowest BCUT2D eigenvalue weighted by atomic mass is 9.76. The van der Waals surface area contributed by atoms with Crippen LogP contribution in [0.5, 0.6) is 0 Å². The largest absolute Gasteiger partial charge is 0.391 e. The molecule has 1 heterocycles. The lowest BCUT2D eigenvalue weighted by Crippen LogP contribution is -2.44. The summed E-state index contributed by atoms with van der Waals surface area (Å²) in [7, 11) is 0. The van der Waals surface area contributed by atoms with E-state index in [2.05, 4.69) is 4.98 Å². The zero-order chi connectivity index (χ0) is 14.3. The van der Waals surface area contributed by atoms with Gasteiger partial charge in [0.1, 0.15) is 5.01 Å². The minimum absolute atomic E-state index is 0.0401. The Labute approximate surface area is 115 Å². The second-order valence-electron chi connectivity index (χ2n) is 5.72. The summed E-state index contributed by atoms with van der Waals surface area (Å²) in [6, 6.07) is 0. The van der Waals surface area contributed by atoms with Crippen molar-refractivity contribution >= 4 is 11.3 Å². The lowest BCUT2D eigenvalue weighted by molar-refractivity contribution is -0.187. The quantitative estimate of drug-likeness (QED) is 0.888. The molecular weight excluding hydrogens is 273 g/mol. The van der Waals surface area contributed by atoms with Gasteiger partial charge < -0.3 is 5.73 Å². The highest BCUT2D eigenvalue weighted by Crippen LogP contribution is 2.45. The highest BCUT2D eigenvalue weighted by Gasteiger charge is 2.47. The van der Waals surface area contributed by atoms with Crippen molar-refractivity contribution in [2.45, 2.75) is 57.2 Å². The van der Waals surface area contributed by atoms with Crippen LogP contribution in [0.2, 0.25) is 0 Å². The molecule has 1 aliphatic rings. The van der Waals surface area contributed by atoms with Crippen LogP contribution in [0.15, 0.2) is 5.38 Å². The maximum absolute atomic E-state index is 12.9. The molecule has 0 amide bonds. The zero-order valence-corrected chi connectivity index (χ0v) is 11.9. The third-order valence-corrected chi connectivity index (χ3v) is 4.87. The van der Waals surface area contributed by atoms with Gasteiger partial charge in [0, 0.05) is 5.38 Å². The molecule has 19 heavy (non-hydrogen) atoms. The Morgan fingerprint density at radius 2 is 2.16 bits per heavy atom. The molecular formula is C13H19F3N2S. The van der Waals surface area contributed by atoms with Crippen molar-refractivity contribution in [1.82, 2.24) is 4.98 Å². The summed E-state index contributed by atoms with van der Waals surface area (Å²) in [5.74, 6) is -1.02. The summed E-state index contributed by atoms with van der Waals surface area (Å²) in [6.07, 6.45) is -2.91. The van der Waals surface area contributed by atoms with Gasteiger partial charge in [0.25, 0.3) is 0 Å². The lowest BCUT2D eigenvalue weighted by Gasteiger charge is -2.37. The number of aromatic nitrogens is 1. The van der Waals surface area contributed by atoms with E-state index in [4.69, 9.17) is 5.73 Å². The summed E-state index contributed by atoms with van der Waals surface area (Å²) >= 11 is 1.39. The molecule has 1 aromatic heterocycles. The van der Waals surface area contributed by atoms with Gasteiger partial charge in [-0.05, 0) is 25.2 Å². The summed E-state index contributed by atoms with van der Waals surface area (Å²) in [6.45, 7) is 4.03. The van der Waals surface area contributed by atoms with E-state index in [9.17, 15) is 13.2 Å². The van der Waals surface area contributed by atoms with E-state index in [-0.39, 0.29) is 18.8 Å². The van der Waals surface area contributed by atoms with Gasteiger partial charge in [-0.1, -0.05) is 20.3 Å². The predicted octanol–water partition coefficient (Wildman–Crippen LogP) is 4.17. The van der Waals surface area contributed by atoms with Crippen LogP contribution in [0.25, 0.3) is 0 Å². The highest BCUT2D eigenvalue weighted by molar-refractivity contribution is 7.09. The van der Waals surface area contributed by atoms with Crippen LogP contribution in [0.3, 0.4) is 0 Å². The van der Waals surface area contributed by atoms with Gasteiger partial charge in [0.2, 0.25) is 0 Å². The van der Waals surface area contributed by atoms with E-state index < -0.39 is 17.6 Å². The molecule has 0 spiro atoms. The van der Waals surface area contributed by atoms with Crippen molar-refractivity contribution in [2.24, 2.45) is 11.7 Å². The van der Waals surface area contributed by atoms with Crippen LogP contribution in [0.4, 0.5) is 13.2 Å². The predicted molar refractivity (Wildman–Crippen MR) is 70.1 cm³/mol. The minimum atomic E-state index is -4.15. The third kappa shape index (κ3) is 3.11. The normalized spacial score (nSPS) is 28.9. The Kier molecular flexibility index (Phi) is 3.93. The van der Waals surface area contributed by atoms with E-state index >= 15 is 0 Å². The number of hydrogen-bond donors (Lipinski definition) is 1. The first-order valence-corrected chi connectivity index (χ1v) is 7.42. The Balaban J connectivity index is 2.21. The molecule has 1 aromatic rings. The summed E-state index contributed by atoms with van der Waals surface area (Å²) in [5, 5.41) is 2.57. The minimum Gasteiger partial charge on any atom is -0.319 e. The number of halogens is 3. The molecule has 0 saturated heterocycles. The molecule has 1 fully saturated rings. The Hall–Kier alpha value is -0.620. The molecule has 0 bridgehead atoms. The molecule has 1 saturated carbocycles. The van der Waals surface area contributed by atoms with E-state index in [1.165, 1.54) is 11.3 Å². The first-order valence-electron chi connectivity index (χ1n) is 6.54. The first-order chi connectivity index (χ1) is 8.72. The molecule has 2 rings (SSSR count). The summed E-state index contributed by atoms with van der Waals surface area (Å²) in [4.78, 5) is 4.45. The van der Waals surface area contributed by atoms with Crippen molar-refractivity contribution in [1.29, 1.82) is 0 Å². The van der Waals surface area contributed by atoms with Crippen LogP contribution >= 0.6 is 11.3 Å². The van der Waals surface area contributed by atoms with Crippen LogP contribution in [0, 0.1) is 5.92 Å². The fourth-order valence-corrected chi connectivity index (χ4v) is 3.70. The standard InChI is InChI=1S/C13H19F3N2S/c1-8(2)10-7-19-11(18-10)12(17)5-3-4-9(6-12)13(14,15)16/h7-9H,3-6,17H2,1-2H3. The number of hydrogen-bond acceptors (Lipinski definition) is 3. The number of rotatable bonds is 2. The highest BCUT2D eigenvalue weighted by atomic mass is 32.1. The maximum Gasteiger partial charge on any atom is 0.391 e. The van der Waals surface area contributed by atoms with Crippen molar-refractivity contribution in [2.75, 3.05) is 0 Å². The Bertz CT molecular complexity index is 441. The number of thiazole rings is 1. The van der Waals surface area contributed by atoms with Crippen LogP contribution in [-0.4, -0.2) is 11.2 Å². The Morgan fingerprint density at radius 3 is 2.68 bits per heavy atom. The average Bonchev–Trinajstić information content (AvgIpc) is 2.77. The van der Waals surface area contributed by atoms with E-state index in [0.717, 1.165) is 5.69 Å². The van der Waals surface area contributed by atoms with E-state index in [1.54, 1.807) is 0 Å². The molecule has 6 heteroatoms. The molecule has 0 aliphatic heterocycles. The number of nitrogens with two attached hydrogens (primary N) is 1. The van der Waals surface area contributed by atoms with Gasteiger partial charge in [0.05, 0.1) is 17.2 Å². The third-order valence-electron chi connectivity index (χ3n) is 3.79. The van der Waals surface area contributed by atoms with Gasteiger partial charge in [-0.3, -0.25) is 0 Å². The Morgan fingerprint density at radius 1 is 1.47 bits per heavy atom. The zero-order valence-electron chi connectivity index (χ0n) is 11.1. The van der Waals surface area contributed by atoms with Crippen LogP contribution in [-0.2, 0) is 5.54 Å². The molecule has 2 nitrogen and oxygen atoms in total. The molecule has 0 aromatic carbocycles. The SMILES string of the molecule is CC(C)c1csc(C2(N)CCCC(C(F)(F)F)C2)n1. The number of nitrogens with zero attached hydrogens (tertiary/aromatic N) is 1. The summed E-state index contributed by atoms with van der Waals surface area (Å²) in [5.41, 5.74) is 6.24. The second kappa shape index (κ2) is 5.05. The molecule has 2 N–H and O–H groups in total.